The standard InChI is InChI=1S/C23H23F3N4O3/c1-15-19(14-27-30(15)18-6-3-5-16(13-18)23(24,25)26)21(31)28-11-8-17(9-12-28)29-10-4-7-20(29)22(32)33-2/h3-7,10,13-14,17H,8-9,11-12H2,1-2H3. The second kappa shape index (κ2) is 8.76. The van der Waals surface area contributed by atoms with Crippen molar-refractivity contribution in [3.8, 4) is 5.69 Å². The maximum absolute atomic E-state index is 13.1. The summed E-state index contributed by atoms with van der Waals surface area (Å²) >= 11 is 0. The van der Waals surface area contributed by atoms with E-state index < -0.39 is 17.7 Å². The summed E-state index contributed by atoms with van der Waals surface area (Å²) in [4.78, 5) is 26.8. The predicted octanol–water partition coefficient (Wildman–Crippen LogP) is 4.26. The number of methoxy groups -OCH3 is 1. The van der Waals surface area contributed by atoms with Crippen LogP contribution in [0.25, 0.3) is 5.69 Å². The number of piperidine rings is 1. The highest BCUT2D eigenvalue weighted by Crippen LogP contribution is 2.31. The molecule has 1 aromatic carbocycles. The van der Waals surface area contributed by atoms with Crippen LogP contribution in [-0.4, -0.2) is 51.3 Å². The molecule has 3 heterocycles. The van der Waals surface area contributed by atoms with E-state index in [-0.39, 0.29) is 17.6 Å². The van der Waals surface area contributed by atoms with Gasteiger partial charge in [-0.15, -0.1) is 0 Å². The summed E-state index contributed by atoms with van der Waals surface area (Å²) in [6.07, 6.45) is 0.0763. The van der Waals surface area contributed by atoms with E-state index in [2.05, 4.69) is 5.10 Å². The number of carbonyl (C=O) groups excluding carboxylic acids is 2. The normalized spacial score (nSPS) is 15.0. The molecule has 1 aliphatic rings. The van der Waals surface area contributed by atoms with Crippen molar-refractivity contribution in [2.45, 2.75) is 32.0 Å². The van der Waals surface area contributed by atoms with Crippen LogP contribution in [0.2, 0.25) is 0 Å². The number of nitrogens with zero attached hydrogens (tertiary/aromatic N) is 4. The number of benzene rings is 1. The Morgan fingerprint density at radius 3 is 2.52 bits per heavy atom. The third-order valence-corrected chi connectivity index (χ3v) is 5.98. The number of aromatic nitrogens is 3. The molecule has 0 spiro atoms. The van der Waals surface area contributed by atoms with Crippen LogP contribution in [0.3, 0.4) is 0 Å². The molecular weight excluding hydrogens is 437 g/mol. The zero-order valence-corrected chi connectivity index (χ0v) is 18.2. The summed E-state index contributed by atoms with van der Waals surface area (Å²) in [7, 11) is 1.34. The topological polar surface area (TPSA) is 69.4 Å². The molecule has 2 aromatic heterocycles. The average molecular weight is 460 g/mol. The summed E-state index contributed by atoms with van der Waals surface area (Å²) in [5, 5.41) is 4.17. The summed E-state index contributed by atoms with van der Waals surface area (Å²) in [6, 6.07) is 8.39. The Hall–Kier alpha value is -3.56. The van der Waals surface area contributed by atoms with Gasteiger partial charge >= 0.3 is 12.1 Å². The molecule has 1 aliphatic heterocycles. The lowest BCUT2D eigenvalue weighted by Gasteiger charge is -2.33. The molecule has 0 N–H and O–H groups in total. The number of esters is 1. The largest absolute Gasteiger partial charge is 0.464 e. The molecule has 1 saturated heterocycles. The van der Waals surface area contributed by atoms with E-state index in [0.29, 0.717) is 42.9 Å². The molecule has 0 radical (unpaired) electrons. The highest BCUT2D eigenvalue weighted by molar-refractivity contribution is 5.95. The zero-order valence-electron chi connectivity index (χ0n) is 18.2. The maximum atomic E-state index is 13.1. The van der Waals surface area contributed by atoms with E-state index in [9.17, 15) is 22.8 Å². The lowest BCUT2D eigenvalue weighted by Crippen LogP contribution is -2.39. The lowest BCUT2D eigenvalue weighted by molar-refractivity contribution is -0.137. The van der Waals surface area contributed by atoms with Crippen molar-refractivity contribution in [2.75, 3.05) is 20.2 Å². The van der Waals surface area contributed by atoms with Crippen LogP contribution in [0.15, 0.2) is 48.8 Å². The SMILES string of the molecule is COC(=O)c1cccn1C1CCN(C(=O)c2cnn(-c3cccc(C(F)(F)F)c3)c2C)CC1. The van der Waals surface area contributed by atoms with Crippen LogP contribution in [0, 0.1) is 6.92 Å². The van der Waals surface area contributed by atoms with E-state index in [1.165, 1.54) is 30.1 Å². The Balaban J connectivity index is 1.48. The monoisotopic (exact) mass is 460 g/mol. The van der Waals surface area contributed by atoms with Gasteiger partial charge in [-0.05, 0) is 50.1 Å². The van der Waals surface area contributed by atoms with Gasteiger partial charge in [-0.2, -0.15) is 18.3 Å². The fourth-order valence-corrected chi connectivity index (χ4v) is 4.20. The van der Waals surface area contributed by atoms with E-state index >= 15 is 0 Å². The number of hydrogen-bond donors (Lipinski definition) is 0. The summed E-state index contributed by atoms with van der Waals surface area (Å²) in [5.41, 5.74) is 0.756. The van der Waals surface area contributed by atoms with Crippen LogP contribution in [-0.2, 0) is 10.9 Å². The fraction of sp³-hybridized carbons (Fsp3) is 0.348. The lowest BCUT2D eigenvalue weighted by atomic mass is 10.0. The average Bonchev–Trinajstić information content (AvgIpc) is 3.45. The number of likely N-dealkylation sites (tertiary alicyclic amines) is 1. The quantitative estimate of drug-likeness (QED) is 0.546. The van der Waals surface area contributed by atoms with Crippen molar-refractivity contribution >= 4 is 11.9 Å². The number of hydrogen-bond acceptors (Lipinski definition) is 4. The zero-order chi connectivity index (χ0) is 23.8. The van der Waals surface area contributed by atoms with Gasteiger partial charge in [0.25, 0.3) is 5.91 Å². The molecule has 0 aliphatic carbocycles. The third-order valence-electron chi connectivity index (χ3n) is 5.98. The Labute approximate surface area is 188 Å². The first-order valence-electron chi connectivity index (χ1n) is 10.5. The summed E-state index contributed by atoms with van der Waals surface area (Å²) in [6.45, 7) is 2.63. The molecule has 0 saturated carbocycles. The van der Waals surface area contributed by atoms with Crippen molar-refractivity contribution in [3.63, 3.8) is 0 Å². The van der Waals surface area contributed by atoms with Crippen molar-refractivity contribution in [1.82, 2.24) is 19.2 Å². The number of rotatable bonds is 4. The van der Waals surface area contributed by atoms with Gasteiger partial charge in [-0.1, -0.05) is 6.07 Å². The maximum Gasteiger partial charge on any atom is 0.416 e. The molecule has 0 unspecified atom stereocenters. The number of ether oxygens (including phenoxy) is 1. The molecule has 10 heteroatoms. The highest BCUT2D eigenvalue weighted by Gasteiger charge is 2.31. The number of halogens is 3. The number of carbonyl (C=O) groups is 2. The number of alkyl halides is 3. The van der Waals surface area contributed by atoms with Crippen molar-refractivity contribution in [1.29, 1.82) is 0 Å². The van der Waals surface area contributed by atoms with Crippen LogP contribution in [0.1, 0.15) is 51.0 Å². The molecule has 1 fully saturated rings. The molecule has 7 nitrogen and oxygen atoms in total. The van der Waals surface area contributed by atoms with Crippen LogP contribution in [0.5, 0.6) is 0 Å². The van der Waals surface area contributed by atoms with E-state index in [0.717, 1.165) is 12.1 Å². The highest BCUT2D eigenvalue weighted by atomic mass is 19.4. The smallest absolute Gasteiger partial charge is 0.416 e. The van der Waals surface area contributed by atoms with Crippen molar-refractivity contribution in [3.05, 3.63) is 71.3 Å². The minimum atomic E-state index is -4.46. The first-order chi connectivity index (χ1) is 15.7. The predicted molar refractivity (Wildman–Crippen MR) is 113 cm³/mol. The Kier molecular flexibility index (Phi) is 6.01. The van der Waals surface area contributed by atoms with Gasteiger partial charge < -0.3 is 14.2 Å². The second-order valence-electron chi connectivity index (χ2n) is 7.92. The molecule has 3 aromatic rings. The Morgan fingerprint density at radius 2 is 1.85 bits per heavy atom. The molecule has 33 heavy (non-hydrogen) atoms. The third kappa shape index (κ3) is 4.37. The van der Waals surface area contributed by atoms with Crippen LogP contribution < -0.4 is 0 Å². The first-order valence-corrected chi connectivity index (χ1v) is 10.5. The van der Waals surface area contributed by atoms with Crippen molar-refractivity contribution < 1.29 is 27.5 Å². The second-order valence-corrected chi connectivity index (χ2v) is 7.92. The van der Waals surface area contributed by atoms with E-state index in [4.69, 9.17) is 4.74 Å². The Morgan fingerprint density at radius 1 is 1.12 bits per heavy atom. The van der Waals surface area contributed by atoms with Gasteiger partial charge in [-0.3, -0.25) is 4.79 Å². The van der Waals surface area contributed by atoms with E-state index in [1.54, 1.807) is 24.0 Å². The van der Waals surface area contributed by atoms with Gasteiger partial charge in [0.05, 0.1) is 35.8 Å². The number of amides is 1. The van der Waals surface area contributed by atoms with Gasteiger partial charge in [0.2, 0.25) is 0 Å². The van der Waals surface area contributed by atoms with Crippen LogP contribution >= 0.6 is 0 Å². The first kappa shape index (κ1) is 22.6. The van der Waals surface area contributed by atoms with Gasteiger partial charge in [0, 0.05) is 25.3 Å². The minimum absolute atomic E-state index is 0.0621. The van der Waals surface area contributed by atoms with Crippen LogP contribution in [0.4, 0.5) is 13.2 Å². The molecule has 1 amide bonds. The van der Waals surface area contributed by atoms with Gasteiger partial charge in [0.15, 0.2) is 0 Å². The summed E-state index contributed by atoms with van der Waals surface area (Å²) < 4.78 is 47.2. The van der Waals surface area contributed by atoms with Gasteiger partial charge in [0.1, 0.15) is 5.69 Å². The molecule has 0 atom stereocenters. The van der Waals surface area contributed by atoms with Gasteiger partial charge in [-0.25, -0.2) is 9.48 Å². The molecular formula is C23H23F3N4O3. The Bertz CT molecular complexity index is 1170. The minimum Gasteiger partial charge on any atom is -0.464 e. The summed E-state index contributed by atoms with van der Waals surface area (Å²) in [5.74, 6) is -0.624. The molecule has 174 valence electrons. The fourth-order valence-electron chi connectivity index (χ4n) is 4.20. The molecule has 0 bridgehead atoms. The van der Waals surface area contributed by atoms with Crippen molar-refractivity contribution in [2.24, 2.45) is 0 Å². The molecule has 4 rings (SSSR count). The van der Waals surface area contributed by atoms with E-state index in [1.807, 2.05) is 10.8 Å².